The first-order valence-corrected chi connectivity index (χ1v) is 5.89. The lowest BCUT2D eigenvalue weighted by Gasteiger charge is -2.16. The van der Waals surface area contributed by atoms with Gasteiger partial charge in [-0.3, -0.25) is 9.78 Å². The summed E-state index contributed by atoms with van der Waals surface area (Å²) < 4.78 is 0. The molecule has 1 N–H and O–H groups in total. The predicted molar refractivity (Wildman–Crippen MR) is 62.7 cm³/mol. The molecular formula is C11H8N3O3S-. The molecule has 0 spiro atoms. The lowest BCUT2D eigenvalue weighted by atomic mass is 10.1. The van der Waals surface area contributed by atoms with Crippen molar-refractivity contribution in [2.45, 2.75) is 10.4 Å². The molecule has 0 saturated heterocycles. The lowest BCUT2D eigenvalue weighted by molar-refractivity contribution is -0.305. The van der Waals surface area contributed by atoms with Crippen LogP contribution in [0.2, 0.25) is 0 Å². The Bertz CT molecular complexity index is 600. The average molecular weight is 262 g/mol. The van der Waals surface area contributed by atoms with Crippen LogP contribution in [0.15, 0.2) is 46.5 Å². The van der Waals surface area contributed by atoms with Crippen molar-refractivity contribution in [2.75, 3.05) is 0 Å². The topological polar surface area (TPSA) is 98.8 Å². The molecule has 2 aromatic rings. The molecule has 1 atom stereocenters. The van der Waals surface area contributed by atoms with Crippen LogP contribution in [0.1, 0.15) is 10.8 Å². The van der Waals surface area contributed by atoms with Gasteiger partial charge < -0.3 is 9.90 Å². The first kappa shape index (κ1) is 12.3. The summed E-state index contributed by atoms with van der Waals surface area (Å²) >= 11 is 0.873. The van der Waals surface area contributed by atoms with Gasteiger partial charge >= 0.3 is 0 Å². The van der Waals surface area contributed by atoms with E-state index >= 15 is 0 Å². The Hall–Kier alpha value is -2.15. The van der Waals surface area contributed by atoms with E-state index in [1.54, 1.807) is 30.3 Å². The summed E-state index contributed by atoms with van der Waals surface area (Å²) in [6, 6.07) is 8.57. The fraction of sp³-hybridized carbons (Fsp3) is 0.0909. The van der Waals surface area contributed by atoms with Gasteiger partial charge in [-0.15, -0.1) is 5.10 Å². The Balaban J connectivity index is 2.28. The first-order chi connectivity index (χ1) is 8.66. The van der Waals surface area contributed by atoms with Gasteiger partial charge in [0.2, 0.25) is 0 Å². The second-order valence-electron chi connectivity index (χ2n) is 3.37. The summed E-state index contributed by atoms with van der Waals surface area (Å²) in [4.78, 5) is 24.6. The maximum atomic E-state index is 11.1. The Morgan fingerprint density at radius 3 is 2.67 bits per heavy atom. The number of thioether (sulfide) groups is 1. The van der Waals surface area contributed by atoms with E-state index in [0.29, 0.717) is 5.56 Å². The third kappa shape index (κ3) is 2.95. The Morgan fingerprint density at radius 1 is 1.33 bits per heavy atom. The van der Waals surface area contributed by atoms with E-state index in [0.717, 1.165) is 18.0 Å². The van der Waals surface area contributed by atoms with Gasteiger partial charge in [-0.1, -0.05) is 42.1 Å². The van der Waals surface area contributed by atoms with Gasteiger partial charge in [0.05, 0.1) is 11.2 Å². The largest absolute Gasteiger partial charge is 0.549 e. The second kappa shape index (κ2) is 5.46. The van der Waals surface area contributed by atoms with E-state index in [-0.39, 0.29) is 5.16 Å². The zero-order chi connectivity index (χ0) is 13.0. The number of carboxylic acids is 1. The highest BCUT2D eigenvalue weighted by atomic mass is 32.2. The number of carbonyl (C=O) groups is 1. The highest BCUT2D eigenvalue weighted by Gasteiger charge is 2.15. The number of rotatable bonds is 4. The number of aromatic amines is 1. The number of benzene rings is 1. The molecule has 6 nitrogen and oxygen atoms in total. The van der Waals surface area contributed by atoms with E-state index < -0.39 is 16.8 Å². The van der Waals surface area contributed by atoms with Gasteiger partial charge in [-0.05, 0) is 5.56 Å². The summed E-state index contributed by atoms with van der Waals surface area (Å²) in [6.07, 6.45) is 1.01. The van der Waals surface area contributed by atoms with Crippen molar-refractivity contribution in [3.05, 3.63) is 52.4 Å². The molecule has 18 heavy (non-hydrogen) atoms. The molecule has 0 aliphatic heterocycles. The van der Waals surface area contributed by atoms with Gasteiger partial charge in [0, 0.05) is 0 Å². The van der Waals surface area contributed by atoms with E-state index in [2.05, 4.69) is 15.2 Å². The highest BCUT2D eigenvalue weighted by molar-refractivity contribution is 8.00. The minimum absolute atomic E-state index is 0.139. The van der Waals surface area contributed by atoms with E-state index in [1.807, 2.05) is 0 Å². The SMILES string of the molecule is O=C([O-])[C@@H](Sc1nncc(=O)[nH]1)c1ccccc1. The molecule has 0 unspecified atom stereocenters. The molecule has 0 bridgehead atoms. The zero-order valence-corrected chi connectivity index (χ0v) is 9.89. The Labute approximate surface area is 106 Å². The molecule has 1 heterocycles. The molecule has 2 rings (SSSR count). The molecule has 0 amide bonds. The van der Waals surface area contributed by atoms with Crippen LogP contribution in [-0.4, -0.2) is 21.2 Å². The van der Waals surface area contributed by atoms with Crippen LogP contribution in [0.25, 0.3) is 0 Å². The Kier molecular flexibility index (Phi) is 3.73. The fourth-order valence-electron chi connectivity index (χ4n) is 1.34. The summed E-state index contributed by atoms with van der Waals surface area (Å²) in [5, 5.41) is 17.4. The number of carboxylic acid groups (broad SMARTS) is 1. The van der Waals surface area contributed by atoms with Crippen molar-refractivity contribution in [3.63, 3.8) is 0 Å². The van der Waals surface area contributed by atoms with Crippen molar-refractivity contribution >= 4 is 17.7 Å². The van der Waals surface area contributed by atoms with E-state index in [4.69, 9.17) is 0 Å². The van der Waals surface area contributed by atoms with Gasteiger partial charge in [0.15, 0.2) is 5.16 Å². The fourth-order valence-corrected chi connectivity index (χ4v) is 2.21. The van der Waals surface area contributed by atoms with Crippen LogP contribution in [0.4, 0.5) is 0 Å². The van der Waals surface area contributed by atoms with Crippen molar-refractivity contribution < 1.29 is 9.90 Å². The number of H-pyrrole nitrogens is 1. The number of aromatic nitrogens is 3. The molecule has 0 fully saturated rings. The zero-order valence-electron chi connectivity index (χ0n) is 9.07. The smallest absolute Gasteiger partial charge is 0.270 e. The minimum atomic E-state index is -1.25. The molecule has 92 valence electrons. The lowest BCUT2D eigenvalue weighted by Crippen LogP contribution is -2.28. The van der Waals surface area contributed by atoms with Crippen molar-refractivity contribution in [1.82, 2.24) is 15.2 Å². The van der Waals surface area contributed by atoms with Crippen LogP contribution >= 0.6 is 11.8 Å². The number of aliphatic carboxylic acids is 1. The van der Waals surface area contributed by atoms with Crippen LogP contribution in [0.5, 0.6) is 0 Å². The number of hydrogen-bond donors (Lipinski definition) is 1. The average Bonchev–Trinajstić information content (AvgIpc) is 2.37. The van der Waals surface area contributed by atoms with Crippen molar-refractivity contribution in [2.24, 2.45) is 0 Å². The highest BCUT2D eigenvalue weighted by Crippen LogP contribution is 2.31. The van der Waals surface area contributed by atoms with Crippen LogP contribution < -0.4 is 10.7 Å². The molecule has 1 aromatic heterocycles. The number of carbonyl (C=O) groups excluding carboxylic acids is 1. The number of nitrogens with zero attached hydrogens (tertiary/aromatic N) is 2. The van der Waals surface area contributed by atoms with Gasteiger partial charge in [0.25, 0.3) is 5.56 Å². The van der Waals surface area contributed by atoms with Crippen LogP contribution in [0.3, 0.4) is 0 Å². The van der Waals surface area contributed by atoms with Crippen molar-refractivity contribution in [1.29, 1.82) is 0 Å². The molecule has 1 aromatic carbocycles. The molecule has 7 heteroatoms. The minimum Gasteiger partial charge on any atom is -0.549 e. The second-order valence-corrected chi connectivity index (χ2v) is 4.46. The first-order valence-electron chi connectivity index (χ1n) is 5.01. The predicted octanol–water partition coefficient (Wildman–Crippen LogP) is -0.252. The van der Waals surface area contributed by atoms with Crippen LogP contribution in [0, 0.1) is 0 Å². The van der Waals surface area contributed by atoms with Crippen LogP contribution in [-0.2, 0) is 4.79 Å². The third-order valence-electron chi connectivity index (χ3n) is 2.10. The number of hydrogen-bond acceptors (Lipinski definition) is 6. The van der Waals surface area contributed by atoms with Gasteiger partial charge in [-0.2, -0.15) is 5.10 Å². The molecule has 0 aliphatic carbocycles. The quantitative estimate of drug-likeness (QED) is 0.763. The van der Waals surface area contributed by atoms with Gasteiger partial charge in [-0.25, -0.2) is 0 Å². The number of nitrogens with one attached hydrogen (secondary N) is 1. The third-order valence-corrected chi connectivity index (χ3v) is 3.21. The summed E-state index contributed by atoms with van der Waals surface area (Å²) in [5.74, 6) is -1.25. The maximum absolute atomic E-state index is 11.1. The maximum Gasteiger partial charge on any atom is 0.270 e. The van der Waals surface area contributed by atoms with E-state index in [1.165, 1.54) is 0 Å². The Morgan fingerprint density at radius 2 is 2.06 bits per heavy atom. The van der Waals surface area contributed by atoms with Crippen molar-refractivity contribution in [3.8, 4) is 0 Å². The molecular weight excluding hydrogens is 254 g/mol. The standard InChI is InChI=1S/C11H9N3O3S/c15-8-6-12-14-11(13-8)18-9(10(16)17)7-4-2-1-3-5-7/h1-6,9H,(H,16,17)(H,13,14,15)/p-1/t9-/m0/s1. The molecule has 0 saturated carbocycles. The van der Waals surface area contributed by atoms with Gasteiger partial charge in [0.1, 0.15) is 6.20 Å². The monoisotopic (exact) mass is 262 g/mol. The normalized spacial score (nSPS) is 12.0. The van der Waals surface area contributed by atoms with E-state index in [9.17, 15) is 14.7 Å². The summed E-state index contributed by atoms with van der Waals surface area (Å²) in [7, 11) is 0. The summed E-state index contributed by atoms with van der Waals surface area (Å²) in [6.45, 7) is 0. The molecule has 0 aliphatic rings. The summed E-state index contributed by atoms with van der Waals surface area (Å²) in [5.41, 5.74) is 0.131. The molecule has 0 radical (unpaired) electrons.